The number of benzene rings is 1. The van der Waals surface area contributed by atoms with Crippen LogP contribution < -0.4 is 5.32 Å². The summed E-state index contributed by atoms with van der Waals surface area (Å²) in [5.41, 5.74) is 2.12. The van der Waals surface area contributed by atoms with Gasteiger partial charge in [-0.1, -0.05) is 6.07 Å². The van der Waals surface area contributed by atoms with Crippen LogP contribution in [0.15, 0.2) is 23.1 Å². The first-order chi connectivity index (χ1) is 8.82. The van der Waals surface area contributed by atoms with Gasteiger partial charge in [0.15, 0.2) is 0 Å². The van der Waals surface area contributed by atoms with Crippen LogP contribution in [0.5, 0.6) is 0 Å². The summed E-state index contributed by atoms with van der Waals surface area (Å²) in [7, 11) is -3.39. The van der Waals surface area contributed by atoms with E-state index in [1.165, 1.54) is 0 Å². The van der Waals surface area contributed by atoms with Crippen LogP contribution in [-0.4, -0.2) is 37.9 Å². The summed E-state index contributed by atoms with van der Waals surface area (Å²) in [6.45, 7) is 9.10. The molecule has 2 unspecified atom stereocenters. The largest absolute Gasteiger partial charge is 0.311 e. The van der Waals surface area contributed by atoms with Gasteiger partial charge in [-0.2, -0.15) is 4.31 Å². The van der Waals surface area contributed by atoms with E-state index in [-0.39, 0.29) is 24.5 Å². The highest BCUT2D eigenvalue weighted by Crippen LogP contribution is 2.22. The summed E-state index contributed by atoms with van der Waals surface area (Å²) in [5, 5.41) is 3.30. The molecule has 114 valence electrons. The maximum absolute atomic E-state index is 12.7. The van der Waals surface area contributed by atoms with Crippen molar-refractivity contribution in [2.24, 2.45) is 0 Å². The molecule has 0 bridgehead atoms. The highest BCUT2D eigenvalue weighted by Gasteiger charge is 2.33. The van der Waals surface area contributed by atoms with Crippen molar-refractivity contribution in [2.45, 2.75) is 44.7 Å². The van der Waals surface area contributed by atoms with Gasteiger partial charge in [0, 0.05) is 25.2 Å². The number of sulfonamides is 1. The van der Waals surface area contributed by atoms with E-state index in [2.05, 4.69) is 5.32 Å². The van der Waals surface area contributed by atoms with Crippen molar-refractivity contribution in [3.05, 3.63) is 29.3 Å². The second-order valence-corrected chi connectivity index (χ2v) is 7.37. The fraction of sp³-hybridized carbons (Fsp3) is 0.571. The van der Waals surface area contributed by atoms with Gasteiger partial charge in [-0.15, -0.1) is 12.4 Å². The van der Waals surface area contributed by atoms with Gasteiger partial charge in [-0.25, -0.2) is 8.42 Å². The van der Waals surface area contributed by atoms with Crippen molar-refractivity contribution >= 4 is 22.4 Å². The first-order valence-electron chi connectivity index (χ1n) is 6.65. The Kier molecular flexibility index (Phi) is 5.61. The molecule has 1 heterocycles. The number of nitrogens with one attached hydrogen (secondary N) is 1. The molecule has 0 aliphatic carbocycles. The molecular formula is C14H23ClN2O2S. The molecular weight excluding hydrogens is 296 g/mol. The molecule has 1 aromatic rings. The minimum absolute atomic E-state index is 0. The molecule has 6 heteroatoms. The van der Waals surface area contributed by atoms with E-state index < -0.39 is 10.0 Å². The molecule has 0 spiro atoms. The fourth-order valence-electron chi connectivity index (χ4n) is 2.33. The number of halogens is 1. The average molecular weight is 319 g/mol. The van der Waals surface area contributed by atoms with Gasteiger partial charge >= 0.3 is 0 Å². The predicted molar refractivity (Wildman–Crippen MR) is 84.0 cm³/mol. The van der Waals surface area contributed by atoms with Crippen LogP contribution in [0.3, 0.4) is 0 Å². The maximum atomic E-state index is 12.7. The molecule has 0 radical (unpaired) electrons. The number of hydrogen-bond acceptors (Lipinski definition) is 3. The summed E-state index contributed by atoms with van der Waals surface area (Å²) in [5.74, 6) is 0. The smallest absolute Gasteiger partial charge is 0.243 e. The summed E-state index contributed by atoms with van der Waals surface area (Å²) in [4.78, 5) is 0.400. The highest BCUT2D eigenvalue weighted by atomic mass is 35.5. The summed E-state index contributed by atoms with van der Waals surface area (Å²) < 4.78 is 27.0. The third-order valence-electron chi connectivity index (χ3n) is 3.79. The molecule has 2 rings (SSSR count). The van der Waals surface area contributed by atoms with Crippen LogP contribution in [0.4, 0.5) is 0 Å². The van der Waals surface area contributed by atoms with E-state index >= 15 is 0 Å². The quantitative estimate of drug-likeness (QED) is 0.908. The molecule has 4 nitrogen and oxygen atoms in total. The van der Waals surface area contributed by atoms with Crippen molar-refractivity contribution in [3.8, 4) is 0 Å². The lowest BCUT2D eigenvalue weighted by atomic mass is 10.1. The lowest BCUT2D eigenvalue weighted by Crippen LogP contribution is -2.56. The standard InChI is InChI=1S/C14H22N2O2S.ClH/c1-10-5-6-14(7-11(10)2)19(17,18)16-9-12(3)15-8-13(16)4;/h5-7,12-13,15H,8-9H2,1-4H3;1H. The Morgan fingerprint density at radius 2 is 1.85 bits per heavy atom. The molecule has 2 atom stereocenters. The molecule has 1 saturated heterocycles. The van der Waals surface area contributed by atoms with E-state index in [0.717, 1.165) is 11.1 Å². The van der Waals surface area contributed by atoms with E-state index in [4.69, 9.17) is 0 Å². The van der Waals surface area contributed by atoms with E-state index in [0.29, 0.717) is 18.0 Å². The first-order valence-corrected chi connectivity index (χ1v) is 8.09. The van der Waals surface area contributed by atoms with Gasteiger partial charge in [-0.05, 0) is 51.0 Å². The van der Waals surface area contributed by atoms with Crippen molar-refractivity contribution in [1.29, 1.82) is 0 Å². The van der Waals surface area contributed by atoms with Crippen LogP contribution in [0, 0.1) is 13.8 Å². The summed E-state index contributed by atoms with van der Waals surface area (Å²) in [6.07, 6.45) is 0. The molecule has 0 amide bonds. The third kappa shape index (κ3) is 3.34. The minimum atomic E-state index is -3.39. The van der Waals surface area contributed by atoms with Gasteiger partial charge in [0.25, 0.3) is 0 Å². The molecule has 1 aromatic carbocycles. The number of rotatable bonds is 2. The summed E-state index contributed by atoms with van der Waals surface area (Å²) >= 11 is 0. The zero-order chi connectivity index (χ0) is 14.2. The van der Waals surface area contributed by atoms with Gasteiger partial charge in [0.1, 0.15) is 0 Å². The van der Waals surface area contributed by atoms with E-state index in [1.807, 2.05) is 33.8 Å². The van der Waals surface area contributed by atoms with E-state index in [1.54, 1.807) is 16.4 Å². The average Bonchev–Trinajstić information content (AvgIpc) is 2.35. The van der Waals surface area contributed by atoms with Crippen LogP contribution in [0.2, 0.25) is 0 Å². The van der Waals surface area contributed by atoms with Gasteiger partial charge < -0.3 is 5.32 Å². The Labute approximate surface area is 128 Å². The van der Waals surface area contributed by atoms with Crippen LogP contribution in [0.25, 0.3) is 0 Å². The number of piperazine rings is 1. The SMILES string of the molecule is Cc1ccc(S(=O)(=O)N2CC(C)NCC2C)cc1C.Cl. The molecule has 0 saturated carbocycles. The molecule has 1 fully saturated rings. The zero-order valence-electron chi connectivity index (χ0n) is 12.4. The Hall–Kier alpha value is -0.620. The second-order valence-electron chi connectivity index (χ2n) is 5.48. The molecule has 1 N–H and O–H groups in total. The summed E-state index contributed by atoms with van der Waals surface area (Å²) in [6, 6.07) is 5.53. The lowest BCUT2D eigenvalue weighted by Gasteiger charge is -2.36. The highest BCUT2D eigenvalue weighted by molar-refractivity contribution is 7.89. The van der Waals surface area contributed by atoms with Crippen molar-refractivity contribution in [2.75, 3.05) is 13.1 Å². The number of hydrogen-bond donors (Lipinski definition) is 1. The first kappa shape index (κ1) is 17.4. The monoisotopic (exact) mass is 318 g/mol. The Balaban J connectivity index is 0.00000200. The van der Waals surface area contributed by atoms with Crippen LogP contribution >= 0.6 is 12.4 Å². The molecule has 1 aliphatic heterocycles. The Bertz CT molecular complexity index is 575. The maximum Gasteiger partial charge on any atom is 0.243 e. The van der Waals surface area contributed by atoms with E-state index in [9.17, 15) is 8.42 Å². The van der Waals surface area contributed by atoms with Gasteiger partial charge in [0.2, 0.25) is 10.0 Å². The van der Waals surface area contributed by atoms with Crippen molar-refractivity contribution in [3.63, 3.8) is 0 Å². The van der Waals surface area contributed by atoms with Crippen LogP contribution in [-0.2, 0) is 10.0 Å². The number of aryl methyl sites for hydroxylation is 2. The molecule has 20 heavy (non-hydrogen) atoms. The number of nitrogens with zero attached hydrogens (tertiary/aromatic N) is 1. The van der Waals surface area contributed by atoms with Gasteiger partial charge in [0.05, 0.1) is 4.90 Å². The zero-order valence-corrected chi connectivity index (χ0v) is 14.0. The van der Waals surface area contributed by atoms with Crippen molar-refractivity contribution in [1.82, 2.24) is 9.62 Å². The Morgan fingerprint density at radius 3 is 2.45 bits per heavy atom. The topological polar surface area (TPSA) is 49.4 Å². The molecule has 0 aromatic heterocycles. The second kappa shape index (κ2) is 6.43. The van der Waals surface area contributed by atoms with Gasteiger partial charge in [-0.3, -0.25) is 0 Å². The lowest BCUT2D eigenvalue weighted by molar-refractivity contribution is 0.244. The predicted octanol–water partition coefficient (Wildman–Crippen LogP) is 2.10. The van der Waals surface area contributed by atoms with Crippen LogP contribution in [0.1, 0.15) is 25.0 Å². The fourth-order valence-corrected chi connectivity index (χ4v) is 4.14. The third-order valence-corrected chi connectivity index (χ3v) is 5.77. The molecule has 1 aliphatic rings. The normalized spacial score (nSPS) is 24.2. The minimum Gasteiger partial charge on any atom is -0.311 e. The Morgan fingerprint density at radius 1 is 1.20 bits per heavy atom. The van der Waals surface area contributed by atoms with Crippen molar-refractivity contribution < 1.29 is 8.42 Å².